The monoisotopic (exact) mass is 467 g/mol. The van der Waals surface area contributed by atoms with E-state index in [0.29, 0.717) is 11.5 Å². The van der Waals surface area contributed by atoms with Crippen LogP contribution in [-0.4, -0.2) is 34.8 Å². The van der Waals surface area contributed by atoms with Crippen LogP contribution in [0.4, 0.5) is 5.69 Å². The van der Waals surface area contributed by atoms with Crippen LogP contribution in [0.5, 0.6) is 0 Å². The Morgan fingerprint density at radius 1 is 1.12 bits per heavy atom. The third kappa shape index (κ3) is 7.52. The predicted molar refractivity (Wildman–Crippen MR) is 140 cm³/mol. The number of amidine groups is 2. The molecule has 4 N–H and O–H groups in total. The number of unbranched alkanes of at least 4 members (excludes halogenated alkanes) is 3. The molecule has 1 aliphatic rings. The smallest absolute Gasteiger partial charge is 0.149 e. The number of fused-ring (bicyclic) bond motifs is 1. The summed E-state index contributed by atoms with van der Waals surface area (Å²) in [5.41, 5.74) is 10.2. The highest BCUT2D eigenvalue weighted by atomic mass is 32.1. The molecule has 33 heavy (non-hydrogen) atoms. The van der Waals surface area contributed by atoms with Gasteiger partial charge in [-0.2, -0.15) is 0 Å². The van der Waals surface area contributed by atoms with Crippen LogP contribution in [0.1, 0.15) is 61.5 Å². The summed E-state index contributed by atoms with van der Waals surface area (Å²) in [6.07, 6.45) is 6.05. The number of hydrogen-bond acceptors (Lipinski definition) is 7. The zero-order valence-corrected chi connectivity index (χ0v) is 20.5. The Morgan fingerprint density at radius 3 is 2.73 bits per heavy atom. The maximum atomic E-state index is 8.95. The molecule has 2 aromatic rings. The van der Waals surface area contributed by atoms with E-state index in [1.54, 1.807) is 11.3 Å². The third-order valence-corrected chi connectivity index (χ3v) is 6.68. The number of aliphatic hydroxyl groups excluding tert-OH is 1. The average molecular weight is 468 g/mol. The fourth-order valence-corrected chi connectivity index (χ4v) is 4.67. The summed E-state index contributed by atoms with van der Waals surface area (Å²) in [5, 5.41) is 14.6. The lowest BCUT2D eigenvalue weighted by atomic mass is 10.1. The van der Waals surface area contributed by atoms with Crippen molar-refractivity contribution in [3.05, 3.63) is 64.0 Å². The van der Waals surface area contributed by atoms with Crippen LogP contribution in [0.3, 0.4) is 0 Å². The fourth-order valence-electron chi connectivity index (χ4n) is 3.84. The van der Waals surface area contributed by atoms with Gasteiger partial charge in [0.1, 0.15) is 11.7 Å². The number of aliphatic hydroxyl groups is 1. The number of rotatable bonds is 12. The Kier molecular flexibility index (Phi) is 10.1. The van der Waals surface area contributed by atoms with Crippen molar-refractivity contribution >= 4 is 28.7 Å². The molecule has 3 rings (SSSR count). The molecule has 1 aliphatic heterocycles. The minimum absolute atomic E-state index is 0.273. The van der Waals surface area contributed by atoms with Gasteiger partial charge < -0.3 is 21.1 Å². The quantitative estimate of drug-likeness (QED) is 0.379. The van der Waals surface area contributed by atoms with Gasteiger partial charge in [-0.1, -0.05) is 44.2 Å². The van der Waals surface area contributed by atoms with E-state index in [0.717, 1.165) is 76.2 Å². The SMILES string of the molecule is C=C1N=C(CCCC)N(Cc2ccccc2CNCCCCCO)Cc2sccc2N=C1N. The van der Waals surface area contributed by atoms with E-state index in [1.807, 2.05) is 6.07 Å². The first kappa shape index (κ1) is 25.1. The van der Waals surface area contributed by atoms with Crippen LogP contribution in [0.2, 0.25) is 0 Å². The summed E-state index contributed by atoms with van der Waals surface area (Å²) in [6, 6.07) is 10.6. The Bertz CT molecular complexity index is 965. The predicted octanol–water partition coefficient (Wildman–Crippen LogP) is 5.11. The fraction of sp³-hybridized carbons (Fsp3) is 0.462. The van der Waals surface area contributed by atoms with Gasteiger partial charge >= 0.3 is 0 Å². The summed E-state index contributed by atoms with van der Waals surface area (Å²) in [4.78, 5) is 13.0. The molecule has 2 heterocycles. The first-order chi connectivity index (χ1) is 16.1. The summed E-state index contributed by atoms with van der Waals surface area (Å²) >= 11 is 1.71. The van der Waals surface area contributed by atoms with Gasteiger partial charge in [-0.15, -0.1) is 11.3 Å². The van der Waals surface area contributed by atoms with Crippen LogP contribution in [0.15, 0.2) is 58.0 Å². The molecule has 0 radical (unpaired) electrons. The van der Waals surface area contributed by atoms with Gasteiger partial charge in [-0.25, -0.2) is 9.98 Å². The molecule has 178 valence electrons. The lowest BCUT2D eigenvalue weighted by molar-refractivity contribution is 0.283. The molecule has 0 saturated carbocycles. The van der Waals surface area contributed by atoms with E-state index >= 15 is 0 Å². The van der Waals surface area contributed by atoms with E-state index in [4.69, 9.17) is 15.8 Å². The van der Waals surface area contributed by atoms with Gasteiger partial charge in [-0.05, 0) is 54.8 Å². The highest BCUT2D eigenvalue weighted by Gasteiger charge is 2.19. The Hall–Kier alpha value is -2.48. The highest BCUT2D eigenvalue weighted by molar-refractivity contribution is 7.10. The van der Waals surface area contributed by atoms with Gasteiger partial charge in [0.2, 0.25) is 0 Å². The summed E-state index contributed by atoms with van der Waals surface area (Å²) < 4.78 is 0. The van der Waals surface area contributed by atoms with Crippen molar-refractivity contribution in [3.63, 3.8) is 0 Å². The minimum Gasteiger partial charge on any atom is -0.396 e. The second-order valence-electron chi connectivity index (χ2n) is 8.39. The number of hydrogen-bond donors (Lipinski definition) is 3. The summed E-state index contributed by atoms with van der Waals surface area (Å²) in [5.74, 6) is 1.41. The molecule has 0 unspecified atom stereocenters. The van der Waals surface area contributed by atoms with Gasteiger partial charge in [0.25, 0.3) is 0 Å². The molecule has 0 fully saturated rings. The van der Waals surface area contributed by atoms with E-state index < -0.39 is 0 Å². The van der Waals surface area contributed by atoms with Crippen LogP contribution in [0, 0.1) is 0 Å². The molecule has 0 bridgehead atoms. The number of benzene rings is 1. The third-order valence-electron chi connectivity index (χ3n) is 5.78. The number of nitrogens with zero attached hydrogens (tertiary/aromatic N) is 3. The molecule has 6 nitrogen and oxygen atoms in total. The van der Waals surface area contributed by atoms with Crippen LogP contribution < -0.4 is 11.1 Å². The molecular weight excluding hydrogens is 430 g/mol. The molecule has 0 atom stereocenters. The van der Waals surface area contributed by atoms with Crippen molar-refractivity contribution in [2.45, 2.75) is 65.1 Å². The molecule has 1 aromatic carbocycles. The maximum Gasteiger partial charge on any atom is 0.149 e. The highest BCUT2D eigenvalue weighted by Crippen LogP contribution is 2.30. The van der Waals surface area contributed by atoms with Gasteiger partial charge in [0.05, 0.1) is 17.9 Å². The topological polar surface area (TPSA) is 86.2 Å². The van der Waals surface area contributed by atoms with Crippen molar-refractivity contribution in [1.29, 1.82) is 0 Å². The van der Waals surface area contributed by atoms with Gasteiger partial charge in [-0.3, -0.25) is 0 Å². The van der Waals surface area contributed by atoms with E-state index in [-0.39, 0.29) is 6.61 Å². The Labute approximate surface area is 202 Å². The second kappa shape index (κ2) is 13.3. The lowest BCUT2D eigenvalue weighted by Gasteiger charge is -2.27. The van der Waals surface area contributed by atoms with Crippen molar-refractivity contribution in [2.75, 3.05) is 13.2 Å². The van der Waals surface area contributed by atoms with Crippen LogP contribution in [-0.2, 0) is 19.6 Å². The first-order valence-electron chi connectivity index (χ1n) is 11.9. The molecule has 7 heteroatoms. The molecule has 0 amide bonds. The number of thiophene rings is 1. The Morgan fingerprint density at radius 2 is 1.94 bits per heavy atom. The number of aliphatic imine (C=N–C) groups is 2. The second-order valence-corrected chi connectivity index (χ2v) is 9.39. The number of nitrogens with two attached hydrogens (primary N) is 1. The van der Waals surface area contributed by atoms with Crippen molar-refractivity contribution in [3.8, 4) is 0 Å². The molecule has 0 aliphatic carbocycles. The average Bonchev–Trinajstić information content (AvgIpc) is 3.26. The van der Waals surface area contributed by atoms with Crippen LogP contribution in [0.25, 0.3) is 0 Å². The van der Waals surface area contributed by atoms with Gasteiger partial charge in [0.15, 0.2) is 0 Å². The zero-order chi connectivity index (χ0) is 23.5. The first-order valence-corrected chi connectivity index (χ1v) is 12.8. The Balaban J connectivity index is 1.81. The van der Waals surface area contributed by atoms with Crippen molar-refractivity contribution < 1.29 is 5.11 Å². The van der Waals surface area contributed by atoms with Crippen molar-refractivity contribution in [2.24, 2.45) is 15.7 Å². The van der Waals surface area contributed by atoms with Crippen LogP contribution >= 0.6 is 11.3 Å². The summed E-state index contributed by atoms with van der Waals surface area (Å²) in [6.45, 7) is 9.87. The molecular formula is C26H37N5OS. The number of nitrogens with one attached hydrogen (secondary N) is 1. The van der Waals surface area contributed by atoms with E-state index in [9.17, 15) is 0 Å². The standard InChI is InChI=1S/C26H37N5OS/c1-3-4-12-25-29-20(2)26(27)30-23-13-16-33-24(23)19-31(25)18-22-11-7-6-10-21(22)17-28-14-8-5-9-15-32/h6-7,10-11,13,16,28,32H,2-5,8-9,12,14-15,17-19H2,1H3,(H2,27,30). The lowest BCUT2D eigenvalue weighted by Crippen LogP contribution is -2.31. The van der Waals surface area contributed by atoms with E-state index in [2.05, 4.69) is 58.4 Å². The van der Waals surface area contributed by atoms with E-state index in [1.165, 1.54) is 16.0 Å². The zero-order valence-electron chi connectivity index (χ0n) is 19.7. The summed E-state index contributed by atoms with van der Waals surface area (Å²) in [7, 11) is 0. The largest absolute Gasteiger partial charge is 0.396 e. The molecule has 0 spiro atoms. The molecule has 0 saturated heterocycles. The maximum absolute atomic E-state index is 8.95. The van der Waals surface area contributed by atoms with Gasteiger partial charge in [0, 0.05) is 31.0 Å². The normalized spacial score (nSPS) is 14.2. The van der Waals surface area contributed by atoms with Crippen molar-refractivity contribution in [1.82, 2.24) is 10.2 Å². The minimum atomic E-state index is 0.273. The molecule has 1 aromatic heterocycles.